The molecule has 256 valence electrons. The first-order chi connectivity index (χ1) is 24.4. The Labute approximate surface area is 294 Å². The van der Waals surface area contributed by atoms with E-state index in [0.29, 0.717) is 40.2 Å². The van der Waals surface area contributed by atoms with Crippen LogP contribution in [0.5, 0.6) is 23.0 Å². The molecule has 1 aliphatic rings. The number of rotatable bonds is 13. The van der Waals surface area contributed by atoms with Crippen molar-refractivity contribution in [2.75, 3.05) is 34.2 Å². The van der Waals surface area contributed by atoms with Gasteiger partial charge >= 0.3 is 0 Å². The molecule has 2 heterocycles. The summed E-state index contributed by atoms with van der Waals surface area (Å²) in [5.41, 5.74) is 3.65. The number of methoxy groups -OCH3 is 4. The van der Waals surface area contributed by atoms with Crippen molar-refractivity contribution in [1.29, 1.82) is 0 Å². The highest BCUT2D eigenvalue weighted by Crippen LogP contribution is 2.42. The lowest BCUT2D eigenvalue weighted by Crippen LogP contribution is -2.29. The lowest BCUT2D eigenvalue weighted by molar-refractivity contribution is -0.130. The molecule has 0 spiro atoms. The summed E-state index contributed by atoms with van der Waals surface area (Å²) in [6.45, 7) is 0.103. The highest BCUT2D eigenvalue weighted by molar-refractivity contribution is 7.99. The first-order valence-corrected chi connectivity index (χ1v) is 16.7. The third-order valence-electron chi connectivity index (χ3n) is 8.16. The van der Waals surface area contributed by atoms with Gasteiger partial charge in [0, 0.05) is 23.2 Å². The van der Waals surface area contributed by atoms with E-state index in [1.54, 1.807) is 52.7 Å². The minimum absolute atomic E-state index is 0.0172. The van der Waals surface area contributed by atoms with Gasteiger partial charge in [-0.3, -0.25) is 14.2 Å². The van der Waals surface area contributed by atoms with Crippen LogP contribution in [0.4, 0.5) is 0 Å². The summed E-state index contributed by atoms with van der Waals surface area (Å²) in [4.78, 5) is 27.1. The van der Waals surface area contributed by atoms with Gasteiger partial charge in [0.2, 0.25) is 0 Å². The first-order valence-electron chi connectivity index (χ1n) is 15.7. The van der Waals surface area contributed by atoms with Gasteiger partial charge in [-0.1, -0.05) is 48.2 Å². The van der Waals surface area contributed by atoms with E-state index in [9.17, 15) is 9.59 Å². The highest BCUT2D eigenvalue weighted by Gasteiger charge is 2.36. The van der Waals surface area contributed by atoms with Gasteiger partial charge in [-0.15, -0.1) is 10.2 Å². The third kappa shape index (κ3) is 7.27. The number of nitrogens with one attached hydrogen (secondary N) is 1. The van der Waals surface area contributed by atoms with Crippen molar-refractivity contribution in [1.82, 2.24) is 25.1 Å². The zero-order chi connectivity index (χ0) is 35.0. The Morgan fingerprint density at radius 2 is 1.58 bits per heavy atom. The summed E-state index contributed by atoms with van der Waals surface area (Å²) in [5.74, 6) is 2.42. The molecule has 0 saturated heterocycles. The maximum absolute atomic E-state index is 14.1. The number of hydrogen-bond donors (Lipinski definition) is 1. The van der Waals surface area contributed by atoms with Crippen LogP contribution in [0.2, 0.25) is 0 Å². The van der Waals surface area contributed by atoms with Crippen molar-refractivity contribution < 1.29 is 28.5 Å². The van der Waals surface area contributed by atoms with Crippen LogP contribution in [0.1, 0.15) is 39.8 Å². The van der Waals surface area contributed by atoms with Gasteiger partial charge in [-0.05, 0) is 66.2 Å². The Bertz CT molecular complexity index is 2000. The van der Waals surface area contributed by atoms with Crippen LogP contribution in [-0.2, 0) is 11.3 Å². The second kappa shape index (κ2) is 15.6. The molecule has 2 amide bonds. The minimum atomic E-state index is -0.445. The number of thioether (sulfide) groups is 1. The third-order valence-corrected chi connectivity index (χ3v) is 9.07. The van der Waals surface area contributed by atoms with Crippen LogP contribution in [0.15, 0.2) is 107 Å². The second-order valence-electron chi connectivity index (χ2n) is 11.1. The molecular formula is C37H36N6O6S. The molecule has 0 aliphatic carbocycles. The van der Waals surface area contributed by atoms with Crippen molar-refractivity contribution >= 4 is 29.3 Å². The van der Waals surface area contributed by atoms with Crippen LogP contribution in [0, 0.1) is 0 Å². The van der Waals surface area contributed by atoms with E-state index in [1.165, 1.54) is 16.8 Å². The molecule has 6 rings (SSSR count). The van der Waals surface area contributed by atoms with E-state index in [0.717, 1.165) is 28.3 Å². The molecule has 12 nitrogen and oxygen atoms in total. The number of benzene rings is 4. The summed E-state index contributed by atoms with van der Waals surface area (Å²) < 4.78 is 23.8. The number of hydrogen-bond acceptors (Lipinski definition) is 10. The van der Waals surface area contributed by atoms with Crippen molar-refractivity contribution in [2.45, 2.75) is 24.2 Å². The number of ether oxygens (including phenoxy) is 4. The van der Waals surface area contributed by atoms with Gasteiger partial charge in [0.1, 0.15) is 11.5 Å². The molecule has 1 atom stereocenters. The molecule has 4 aromatic carbocycles. The number of para-hydroxylation sites is 2. The second-order valence-corrected chi connectivity index (χ2v) is 12.0. The summed E-state index contributed by atoms with van der Waals surface area (Å²) in [6, 6.07) is 29.2. The monoisotopic (exact) mass is 692 g/mol. The highest BCUT2D eigenvalue weighted by atomic mass is 32.2. The first kappa shape index (κ1) is 34.1. The van der Waals surface area contributed by atoms with Gasteiger partial charge in [-0.2, -0.15) is 5.10 Å². The molecule has 0 bridgehead atoms. The fourth-order valence-corrected chi connectivity index (χ4v) is 6.50. The number of carbonyl (C=O) groups excluding carboxylic acids is 2. The Hall–Kier alpha value is -5.82. The molecule has 1 N–H and O–H groups in total. The van der Waals surface area contributed by atoms with E-state index < -0.39 is 6.04 Å². The number of carbonyl (C=O) groups is 2. The van der Waals surface area contributed by atoms with Crippen molar-refractivity contribution in [2.24, 2.45) is 5.10 Å². The summed E-state index contributed by atoms with van der Waals surface area (Å²) >= 11 is 1.24. The van der Waals surface area contributed by atoms with Gasteiger partial charge < -0.3 is 24.3 Å². The van der Waals surface area contributed by atoms with E-state index in [2.05, 4.69) is 15.5 Å². The van der Waals surface area contributed by atoms with Crippen LogP contribution in [0.3, 0.4) is 0 Å². The van der Waals surface area contributed by atoms with E-state index in [4.69, 9.17) is 24.0 Å². The van der Waals surface area contributed by atoms with Gasteiger partial charge in [0.15, 0.2) is 22.5 Å². The van der Waals surface area contributed by atoms with Crippen molar-refractivity contribution in [3.63, 3.8) is 0 Å². The Morgan fingerprint density at radius 3 is 2.30 bits per heavy atom. The summed E-state index contributed by atoms with van der Waals surface area (Å²) in [7, 11) is 6.33. The fourth-order valence-electron chi connectivity index (χ4n) is 5.68. The topological polar surface area (TPSA) is 129 Å². The number of aromatic nitrogens is 3. The molecule has 1 unspecified atom stereocenters. The van der Waals surface area contributed by atoms with Crippen LogP contribution in [0.25, 0.3) is 5.69 Å². The normalized spacial score (nSPS) is 13.8. The van der Waals surface area contributed by atoms with Gasteiger partial charge in [0.25, 0.3) is 11.8 Å². The zero-order valence-corrected chi connectivity index (χ0v) is 28.8. The number of hydrazone groups is 1. The molecule has 0 saturated carbocycles. The standard InChI is InChI=1S/C37H36N6O6S/c1-46-27-18-16-24(17-19-27)30-21-31(29-14-9-15-32(48-3)35(29)49-4)43(41-30)34(44)23-50-37-40-39-33(42(37)26-11-6-5-7-12-26)22-38-36(45)25-10-8-13-28(20-25)47-2/h5-20,31H,21-23H2,1-4H3,(H,38,45). The predicted molar refractivity (Wildman–Crippen MR) is 190 cm³/mol. The molecule has 0 fully saturated rings. The largest absolute Gasteiger partial charge is 0.497 e. The maximum Gasteiger partial charge on any atom is 0.253 e. The number of nitrogens with zero attached hydrogens (tertiary/aromatic N) is 5. The Morgan fingerprint density at radius 1 is 0.820 bits per heavy atom. The predicted octanol–water partition coefficient (Wildman–Crippen LogP) is 5.70. The Kier molecular flexibility index (Phi) is 10.6. The van der Waals surface area contributed by atoms with Crippen LogP contribution < -0.4 is 24.3 Å². The van der Waals surface area contributed by atoms with Crippen LogP contribution >= 0.6 is 11.8 Å². The van der Waals surface area contributed by atoms with E-state index in [-0.39, 0.29) is 24.1 Å². The quantitative estimate of drug-likeness (QED) is 0.155. The molecule has 50 heavy (non-hydrogen) atoms. The average Bonchev–Trinajstić information content (AvgIpc) is 3.81. The molecule has 5 aromatic rings. The van der Waals surface area contributed by atoms with Gasteiger partial charge in [0.05, 0.1) is 52.5 Å². The molecular weight excluding hydrogens is 657 g/mol. The van der Waals surface area contributed by atoms with Crippen LogP contribution in [-0.4, -0.2) is 71.5 Å². The smallest absolute Gasteiger partial charge is 0.253 e. The molecule has 13 heteroatoms. The Balaban J connectivity index is 1.26. The summed E-state index contributed by atoms with van der Waals surface area (Å²) in [6.07, 6.45) is 0.462. The number of amides is 2. The molecule has 1 aliphatic heterocycles. The fraction of sp³-hybridized carbons (Fsp3) is 0.216. The zero-order valence-electron chi connectivity index (χ0n) is 28.0. The van der Waals surface area contributed by atoms with Gasteiger partial charge in [-0.25, -0.2) is 5.01 Å². The van der Waals surface area contributed by atoms with E-state index in [1.807, 2.05) is 77.4 Å². The van der Waals surface area contributed by atoms with E-state index >= 15 is 0 Å². The summed E-state index contributed by atoms with van der Waals surface area (Å²) in [5, 5.41) is 18.6. The average molecular weight is 693 g/mol. The minimum Gasteiger partial charge on any atom is -0.497 e. The molecule has 1 aromatic heterocycles. The van der Waals surface area contributed by atoms with Crippen molar-refractivity contribution in [3.05, 3.63) is 120 Å². The molecule has 0 radical (unpaired) electrons. The van der Waals surface area contributed by atoms with Crippen molar-refractivity contribution in [3.8, 4) is 28.7 Å². The maximum atomic E-state index is 14.1. The SMILES string of the molecule is COc1ccc(C2=NN(C(=O)CSc3nnc(CNC(=O)c4cccc(OC)c4)n3-c3ccccc3)C(c3cccc(OC)c3OC)C2)cc1. The lowest BCUT2D eigenvalue weighted by atomic mass is 9.97. The lowest BCUT2D eigenvalue weighted by Gasteiger charge is -2.24.